The lowest BCUT2D eigenvalue weighted by atomic mass is 10.1. The maximum Gasteiger partial charge on any atom is 0.406 e. The molecule has 0 aromatic carbocycles. The van der Waals surface area contributed by atoms with E-state index in [4.69, 9.17) is 0 Å². The highest BCUT2D eigenvalue weighted by Gasteiger charge is 2.33. The van der Waals surface area contributed by atoms with E-state index < -0.39 is 18.6 Å². The first-order valence-corrected chi connectivity index (χ1v) is 5.69. The molecule has 0 bridgehead atoms. The Kier molecular flexibility index (Phi) is 4.74. The summed E-state index contributed by atoms with van der Waals surface area (Å²) in [5.41, 5.74) is -0.0649. The molecule has 0 spiro atoms. The van der Waals surface area contributed by atoms with E-state index in [9.17, 15) is 23.1 Å². The first-order chi connectivity index (χ1) is 8.69. The number of nitrogens with zero attached hydrogens (tertiary/aromatic N) is 2. The molecule has 1 aromatic heterocycles. The lowest BCUT2D eigenvalue weighted by molar-refractivity contribution is -0.141. The summed E-state index contributed by atoms with van der Waals surface area (Å²) in [5, 5.41) is 9.20. The van der Waals surface area contributed by atoms with Gasteiger partial charge in [-0.15, -0.1) is 0 Å². The number of halogens is 3. The van der Waals surface area contributed by atoms with Gasteiger partial charge in [-0.25, -0.2) is 0 Å². The molecule has 0 unspecified atom stereocenters. The molecule has 7 heteroatoms. The number of rotatable bonds is 4. The van der Waals surface area contributed by atoms with Crippen LogP contribution >= 0.6 is 0 Å². The smallest absolute Gasteiger partial charge is 0.406 e. The van der Waals surface area contributed by atoms with Gasteiger partial charge in [0.15, 0.2) is 0 Å². The highest BCUT2D eigenvalue weighted by Crippen LogP contribution is 2.20. The molecule has 19 heavy (non-hydrogen) atoms. The second-order valence-corrected chi connectivity index (χ2v) is 4.63. The van der Waals surface area contributed by atoms with Gasteiger partial charge >= 0.3 is 6.18 Å². The van der Waals surface area contributed by atoms with E-state index >= 15 is 0 Å². The number of hydrogen-bond donors (Lipinski definition) is 1. The molecular formula is C12H15F3N2O2. The SMILES string of the molecule is CC(C)CN(CC(F)(F)F)C(=O)c1cncc(O)c1. The fraction of sp³-hybridized carbons (Fsp3) is 0.500. The third kappa shape index (κ3) is 5.15. The monoisotopic (exact) mass is 276 g/mol. The first kappa shape index (κ1) is 15.3. The lowest BCUT2D eigenvalue weighted by Crippen LogP contribution is -2.41. The van der Waals surface area contributed by atoms with E-state index in [0.29, 0.717) is 4.90 Å². The zero-order valence-electron chi connectivity index (χ0n) is 10.6. The van der Waals surface area contributed by atoms with Crippen LogP contribution in [0, 0.1) is 5.92 Å². The summed E-state index contributed by atoms with van der Waals surface area (Å²) in [6.07, 6.45) is -2.23. The molecule has 1 heterocycles. The second-order valence-electron chi connectivity index (χ2n) is 4.63. The molecule has 0 saturated heterocycles. The van der Waals surface area contributed by atoms with Gasteiger partial charge in [0.1, 0.15) is 12.3 Å². The van der Waals surface area contributed by atoms with Crippen LogP contribution in [0.3, 0.4) is 0 Å². The fourth-order valence-corrected chi connectivity index (χ4v) is 1.60. The Morgan fingerprint density at radius 3 is 2.53 bits per heavy atom. The lowest BCUT2D eigenvalue weighted by Gasteiger charge is -2.25. The average molecular weight is 276 g/mol. The number of aromatic nitrogens is 1. The second kappa shape index (κ2) is 5.90. The van der Waals surface area contributed by atoms with Gasteiger partial charge < -0.3 is 10.0 Å². The Morgan fingerprint density at radius 1 is 1.42 bits per heavy atom. The van der Waals surface area contributed by atoms with Crippen molar-refractivity contribution in [2.45, 2.75) is 20.0 Å². The number of amides is 1. The molecule has 1 rings (SSSR count). The molecular weight excluding hydrogens is 261 g/mol. The van der Waals surface area contributed by atoms with Crippen LogP contribution in [0.2, 0.25) is 0 Å². The maximum atomic E-state index is 12.5. The van der Waals surface area contributed by atoms with Crippen molar-refractivity contribution in [3.63, 3.8) is 0 Å². The van der Waals surface area contributed by atoms with E-state index in [2.05, 4.69) is 4.98 Å². The minimum atomic E-state index is -4.46. The molecule has 1 N–H and O–H groups in total. The third-order valence-corrected chi connectivity index (χ3v) is 2.21. The van der Waals surface area contributed by atoms with Crippen molar-refractivity contribution in [1.82, 2.24) is 9.88 Å². The normalized spacial score (nSPS) is 11.7. The van der Waals surface area contributed by atoms with Crippen molar-refractivity contribution in [3.8, 4) is 5.75 Å². The molecule has 106 valence electrons. The van der Waals surface area contributed by atoms with Crippen molar-refractivity contribution < 1.29 is 23.1 Å². The molecule has 0 radical (unpaired) electrons. The van der Waals surface area contributed by atoms with E-state index in [1.54, 1.807) is 13.8 Å². The van der Waals surface area contributed by atoms with Gasteiger partial charge in [-0.3, -0.25) is 9.78 Å². The Bertz CT molecular complexity index is 447. The molecule has 0 fully saturated rings. The number of carbonyl (C=O) groups excluding carboxylic acids is 1. The van der Waals surface area contributed by atoms with Crippen LogP contribution in [0.5, 0.6) is 5.75 Å². The molecule has 4 nitrogen and oxygen atoms in total. The summed E-state index contributed by atoms with van der Waals surface area (Å²) < 4.78 is 37.4. The van der Waals surface area contributed by atoms with Crippen LogP contribution in [0.4, 0.5) is 13.2 Å². The van der Waals surface area contributed by atoms with E-state index in [1.807, 2.05) is 0 Å². The number of hydrogen-bond acceptors (Lipinski definition) is 3. The molecule has 1 aromatic rings. The van der Waals surface area contributed by atoms with Crippen molar-refractivity contribution in [2.24, 2.45) is 5.92 Å². The minimum Gasteiger partial charge on any atom is -0.506 e. The molecule has 0 saturated carbocycles. The molecule has 0 aliphatic carbocycles. The highest BCUT2D eigenvalue weighted by molar-refractivity contribution is 5.94. The van der Waals surface area contributed by atoms with Crippen molar-refractivity contribution in [1.29, 1.82) is 0 Å². The largest absolute Gasteiger partial charge is 0.506 e. The van der Waals surface area contributed by atoms with Crippen LogP contribution < -0.4 is 0 Å². The number of alkyl halides is 3. The van der Waals surface area contributed by atoms with Gasteiger partial charge in [-0.1, -0.05) is 13.8 Å². The summed E-state index contributed by atoms with van der Waals surface area (Å²) in [7, 11) is 0. The molecule has 0 aliphatic rings. The summed E-state index contributed by atoms with van der Waals surface area (Å²) in [6, 6.07) is 1.10. The standard InChI is InChI=1S/C12H15F3N2O2/c1-8(2)6-17(7-12(13,14)15)11(19)9-3-10(18)5-16-4-9/h3-5,8,18H,6-7H2,1-2H3. The predicted molar refractivity (Wildman–Crippen MR) is 62.7 cm³/mol. The predicted octanol–water partition coefficient (Wildman–Crippen LogP) is 2.45. The zero-order chi connectivity index (χ0) is 14.6. The fourth-order valence-electron chi connectivity index (χ4n) is 1.60. The Balaban J connectivity index is 2.93. The topological polar surface area (TPSA) is 53.4 Å². The van der Waals surface area contributed by atoms with Crippen LogP contribution in [0.25, 0.3) is 0 Å². The van der Waals surface area contributed by atoms with Crippen LogP contribution in [0.15, 0.2) is 18.5 Å². The van der Waals surface area contributed by atoms with Gasteiger partial charge in [-0.05, 0) is 12.0 Å². The van der Waals surface area contributed by atoms with E-state index in [-0.39, 0.29) is 23.8 Å². The Labute approximate surface area is 108 Å². The van der Waals surface area contributed by atoms with Crippen LogP contribution in [-0.2, 0) is 0 Å². The van der Waals surface area contributed by atoms with Gasteiger partial charge in [0.25, 0.3) is 5.91 Å². The van der Waals surface area contributed by atoms with E-state index in [1.165, 1.54) is 0 Å². The van der Waals surface area contributed by atoms with Crippen molar-refractivity contribution in [3.05, 3.63) is 24.0 Å². The van der Waals surface area contributed by atoms with Gasteiger partial charge in [0.2, 0.25) is 0 Å². The van der Waals surface area contributed by atoms with Gasteiger partial charge in [0, 0.05) is 12.7 Å². The van der Waals surface area contributed by atoms with E-state index in [0.717, 1.165) is 18.5 Å². The Hall–Kier alpha value is -1.79. The first-order valence-electron chi connectivity index (χ1n) is 5.69. The summed E-state index contributed by atoms with van der Waals surface area (Å²) in [5.74, 6) is -1.16. The average Bonchev–Trinajstić information content (AvgIpc) is 2.24. The summed E-state index contributed by atoms with van der Waals surface area (Å²) >= 11 is 0. The molecule has 0 atom stereocenters. The quantitative estimate of drug-likeness (QED) is 0.919. The maximum absolute atomic E-state index is 12.5. The van der Waals surface area contributed by atoms with Gasteiger partial charge in [-0.2, -0.15) is 13.2 Å². The van der Waals surface area contributed by atoms with Crippen LogP contribution in [-0.4, -0.2) is 40.2 Å². The minimum absolute atomic E-state index is 0.0198. The number of aromatic hydroxyl groups is 1. The molecule has 1 amide bonds. The van der Waals surface area contributed by atoms with Crippen molar-refractivity contribution in [2.75, 3.05) is 13.1 Å². The number of pyridine rings is 1. The number of carbonyl (C=O) groups is 1. The Morgan fingerprint density at radius 2 is 2.05 bits per heavy atom. The zero-order valence-corrected chi connectivity index (χ0v) is 10.6. The highest BCUT2D eigenvalue weighted by atomic mass is 19.4. The van der Waals surface area contributed by atoms with Gasteiger partial charge in [0.05, 0.1) is 11.8 Å². The third-order valence-electron chi connectivity index (χ3n) is 2.21. The summed E-state index contributed by atoms with van der Waals surface area (Å²) in [6.45, 7) is 2.10. The van der Waals surface area contributed by atoms with Crippen LogP contribution in [0.1, 0.15) is 24.2 Å². The summed E-state index contributed by atoms with van der Waals surface area (Å²) in [4.78, 5) is 16.3. The van der Waals surface area contributed by atoms with Crippen molar-refractivity contribution >= 4 is 5.91 Å². The molecule has 0 aliphatic heterocycles.